The first-order chi connectivity index (χ1) is 5.41. The van der Waals surface area contributed by atoms with Crippen molar-refractivity contribution in [2.45, 2.75) is 13.3 Å². The van der Waals surface area contributed by atoms with Crippen molar-refractivity contribution >= 4 is 15.7 Å². The first kappa shape index (κ1) is 9.67. The van der Waals surface area contributed by atoms with Crippen LogP contribution in [0.4, 0.5) is 0 Å². The van der Waals surface area contributed by atoms with Gasteiger partial charge in [0.15, 0.2) is 0 Å². The van der Waals surface area contributed by atoms with E-state index in [1.807, 2.05) is 6.92 Å². The van der Waals surface area contributed by atoms with Gasteiger partial charge in [0.2, 0.25) is 10.0 Å². The van der Waals surface area contributed by atoms with E-state index < -0.39 is 10.0 Å². The van der Waals surface area contributed by atoms with Crippen LogP contribution in [-0.4, -0.2) is 37.8 Å². The van der Waals surface area contributed by atoms with Gasteiger partial charge in [0, 0.05) is 24.7 Å². The van der Waals surface area contributed by atoms with Crippen molar-refractivity contribution < 1.29 is 8.42 Å². The number of nitrogens with zero attached hydrogens (tertiary/aromatic N) is 1. The monoisotopic (exact) mass is 190 g/mol. The van der Waals surface area contributed by atoms with Gasteiger partial charge in [-0.05, 0) is 6.42 Å². The number of rotatable bonds is 1. The third kappa shape index (κ3) is 2.04. The predicted molar refractivity (Wildman–Crippen MR) is 47.9 cm³/mol. The van der Waals surface area contributed by atoms with Gasteiger partial charge in [-0.15, -0.1) is 0 Å². The fourth-order valence-electron chi connectivity index (χ4n) is 1.30. The molecule has 0 spiro atoms. The number of sulfonamides is 1. The van der Waals surface area contributed by atoms with E-state index in [1.165, 1.54) is 10.6 Å². The molecular formula is C7H14N2O2S. The molecule has 1 rings (SSSR count). The molecule has 1 N–H and O–H groups in total. The highest BCUT2D eigenvalue weighted by molar-refractivity contribution is 7.88. The fraction of sp³-hybridized carbons (Fsp3) is 0.857. The van der Waals surface area contributed by atoms with Crippen LogP contribution in [0.3, 0.4) is 0 Å². The fourth-order valence-corrected chi connectivity index (χ4v) is 2.22. The van der Waals surface area contributed by atoms with Gasteiger partial charge in [-0.3, -0.25) is 0 Å². The van der Waals surface area contributed by atoms with Crippen LogP contribution >= 0.6 is 0 Å². The van der Waals surface area contributed by atoms with Crippen LogP contribution in [-0.2, 0) is 10.0 Å². The van der Waals surface area contributed by atoms with E-state index in [0.717, 1.165) is 0 Å². The molecule has 0 radical (unpaired) electrons. The maximum Gasteiger partial charge on any atom is 0.211 e. The summed E-state index contributed by atoms with van der Waals surface area (Å²) in [6.45, 7) is 2.83. The summed E-state index contributed by atoms with van der Waals surface area (Å²) in [5.41, 5.74) is 0.662. The zero-order valence-electron chi connectivity index (χ0n) is 7.37. The Labute approximate surface area is 73.1 Å². The smallest absolute Gasteiger partial charge is 0.211 e. The third-order valence-corrected chi connectivity index (χ3v) is 3.44. The topological polar surface area (TPSA) is 61.2 Å². The zero-order valence-corrected chi connectivity index (χ0v) is 8.19. The molecule has 0 amide bonds. The van der Waals surface area contributed by atoms with Crippen molar-refractivity contribution in [3.8, 4) is 0 Å². The van der Waals surface area contributed by atoms with Crippen LogP contribution in [0.2, 0.25) is 0 Å². The molecule has 0 saturated carbocycles. The van der Waals surface area contributed by atoms with Crippen molar-refractivity contribution in [2.75, 3.05) is 19.3 Å². The summed E-state index contributed by atoms with van der Waals surface area (Å²) in [7, 11) is -3.05. The van der Waals surface area contributed by atoms with Gasteiger partial charge < -0.3 is 5.41 Å². The molecule has 0 aromatic heterocycles. The minimum Gasteiger partial charge on any atom is -0.309 e. The van der Waals surface area contributed by atoms with E-state index in [4.69, 9.17) is 5.41 Å². The quantitative estimate of drug-likeness (QED) is 0.646. The average molecular weight is 190 g/mol. The summed E-state index contributed by atoms with van der Waals surface area (Å²) in [4.78, 5) is 0. The maximum atomic E-state index is 11.1. The molecule has 4 nitrogen and oxygen atoms in total. The molecule has 0 aromatic carbocycles. The Balaban J connectivity index is 2.70. The lowest BCUT2D eigenvalue weighted by Gasteiger charge is -2.29. The number of piperidine rings is 1. The SMILES string of the molecule is CC1CN(S(C)(=O)=O)CCC1=N. The number of hydrogen-bond acceptors (Lipinski definition) is 3. The summed E-state index contributed by atoms with van der Waals surface area (Å²) in [6, 6.07) is 0. The highest BCUT2D eigenvalue weighted by atomic mass is 32.2. The van der Waals surface area contributed by atoms with Gasteiger partial charge in [0.05, 0.1) is 6.26 Å². The first-order valence-electron chi connectivity index (χ1n) is 3.93. The molecule has 1 saturated heterocycles. The molecule has 0 bridgehead atoms. The number of hydrogen-bond donors (Lipinski definition) is 1. The van der Waals surface area contributed by atoms with Gasteiger partial charge in [-0.25, -0.2) is 12.7 Å². The largest absolute Gasteiger partial charge is 0.309 e. The Morgan fingerprint density at radius 1 is 1.58 bits per heavy atom. The van der Waals surface area contributed by atoms with E-state index in [0.29, 0.717) is 25.2 Å². The van der Waals surface area contributed by atoms with E-state index >= 15 is 0 Å². The summed E-state index contributed by atoms with van der Waals surface area (Å²) in [5.74, 6) is 0.0773. The van der Waals surface area contributed by atoms with E-state index in [9.17, 15) is 8.42 Å². The second-order valence-electron chi connectivity index (χ2n) is 3.30. The van der Waals surface area contributed by atoms with Crippen LogP contribution < -0.4 is 0 Å². The van der Waals surface area contributed by atoms with Crippen molar-refractivity contribution in [1.29, 1.82) is 5.41 Å². The second-order valence-corrected chi connectivity index (χ2v) is 5.28. The average Bonchev–Trinajstić information content (AvgIpc) is 1.92. The van der Waals surface area contributed by atoms with E-state index in [1.54, 1.807) is 0 Å². The minimum absolute atomic E-state index is 0.0773. The Morgan fingerprint density at radius 3 is 2.58 bits per heavy atom. The molecule has 5 heteroatoms. The second kappa shape index (κ2) is 3.14. The molecule has 1 atom stereocenters. The summed E-state index contributed by atoms with van der Waals surface area (Å²) in [5, 5.41) is 7.47. The zero-order chi connectivity index (χ0) is 9.35. The van der Waals surface area contributed by atoms with Gasteiger partial charge in [-0.2, -0.15) is 0 Å². The van der Waals surface area contributed by atoms with Gasteiger partial charge in [-0.1, -0.05) is 6.92 Å². The Bertz CT molecular complexity index is 284. The van der Waals surface area contributed by atoms with Crippen LogP contribution in [0.5, 0.6) is 0 Å². The summed E-state index contributed by atoms with van der Waals surface area (Å²) >= 11 is 0. The van der Waals surface area contributed by atoms with Gasteiger partial charge >= 0.3 is 0 Å². The lowest BCUT2D eigenvalue weighted by molar-refractivity contribution is 0.374. The molecule has 1 aliphatic heterocycles. The molecule has 0 aromatic rings. The predicted octanol–water partition coefficient (Wildman–Crippen LogP) is 0.308. The first-order valence-corrected chi connectivity index (χ1v) is 5.78. The molecule has 12 heavy (non-hydrogen) atoms. The summed E-state index contributed by atoms with van der Waals surface area (Å²) in [6.07, 6.45) is 1.79. The highest BCUT2D eigenvalue weighted by Crippen LogP contribution is 2.14. The van der Waals surface area contributed by atoms with Crippen LogP contribution in [0.25, 0.3) is 0 Å². The maximum absolute atomic E-state index is 11.1. The summed E-state index contributed by atoms with van der Waals surface area (Å²) < 4.78 is 23.6. The van der Waals surface area contributed by atoms with Crippen LogP contribution in [0.1, 0.15) is 13.3 Å². The van der Waals surface area contributed by atoms with Gasteiger partial charge in [0.1, 0.15) is 0 Å². The van der Waals surface area contributed by atoms with Crippen molar-refractivity contribution in [3.05, 3.63) is 0 Å². The normalized spacial score (nSPS) is 27.5. The number of nitrogens with one attached hydrogen (secondary N) is 1. The molecule has 1 unspecified atom stereocenters. The molecular weight excluding hydrogens is 176 g/mol. The standard InChI is InChI=1S/C7H14N2O2S/c1-6-5-9(12(2,10)11)4-3-7(6)8/h6,8H,3-5H2,1-2H3. The lowest BCUT2D eigenvalue weighted by atomic mass is 10.00. The molecule has 1 fully saturated rings. The van der Waals surface area contributed by atoms with E-state index in [-0.39, 0.29) is 5.92 Å². The molecule has 1 heterocycles. The van der Waals surface area contributed by atoms with Crippen LogP contribution in [0, 0.1) is 11.3 Å². The lowest BCUT2D eigenvalue weighted by Crippen LogP contribution is -2.42. The van der Waals surface area contributed by atoms with E-state index in [2.05, 4.69) is 0 Å². The van der Waals surface area contributed by atoms with Crippen molar-refractivity contribution in [3.63, 3.8) is 0 Å². The molecule has 0 aliphatic carbocycles. The molecule has 1 aliphatic rings. The molecule has 70 valence electrons. The van der Waals surface area contributed by atoms with Crippen LogP contribution in [0.15, 0.2) is 0 Å². The third-order valence-electron chi connectivity index (χ3n) is 2.17. The van der Waals surface area contributed by atoms with Crippen molar-refractivity contribution in [1.82, 2.24) is 4.31 Å². The minimum atomic E-state index is -3.05. The Morgan fingerprint density at radius 2 is 2.17 bits per heavy atom. The Hall–Kier alpha value is -0.420. The van der Waals surface area contributed by atoms with Gasteiger partial charge in [0.25, 0.3) is 0 Å². The Kier molecular flexibility index (Phi) is 2.53. The highest BCUT2D eigenvalue weighted by Gasteiger charge is 2.26. The van der Waals surface area contributed by atoms with Crippen molar-refractivity contribution in [2.24, 2.45) is 5.92 Å².